The lowest BCUT2D eigenvalue weighted by Crippen LogP contribution is -2.40. The lowest BCUT2D eigenvalue weighted by molar-refractivity contribution is 0.0925. The standard InChI is InChI=1S/C21H24N2O2.C2H6.CH5N/c24-20(22-16-8-2-1-3-9-16)18-11-6-14-23(21(18)25)19-13-12-15-7-4-5-10-17(15)19;2*1-2/h4-7,10-11,14,16,19H,1-3,8-9,12-13H2,(H,22,24);1-2H3;2H2,1H3. The molecule has 0 radical (unpaired) electrons. The van der Waals surface area contributed by atoms with Crippen molar-refractivity contribution >= 4 is 5.91 Å². The maximum absolute atomic E-state index is 13.0. The second-order valence-corrected chi connectivity index (χ2v) is 7.20. The SMILES string of the molecule is CC.CN.O=C(NC1CCCCC1)c1cccn(C2CCc3ccccc32)c1=O. The number of amides is 1. The third-order valence-electron chi connectivity index (χ3n) is 5.60. The second kappa shape index (κ2) is 11.6. The van der Waals surface area contributed by atoms with Crippen LogP contribution >= 0.6 is 0 Å². The van der Waals surface area contributed by atoms with E-state index in [4.69, 9.17) is 0 Å². The van der Waals surface area contributed by atoms with Gasteiger partial charge in [0.1, 0.15) is 5.56 Å². The first kappa shape index (κ1) is 22.9. The number of nitrogens with two attached hydrogens (primary N) is 1. The quantitative estimate of drug-likeness (QED) is 0.820. The summed E-state index contributed by atoms with van der Waals surface area (Å²) in [6, 6.07) is 12.0. The molecule has 158 valence electrons. The maximum Gasteiger partial charge on any atom is 0.263 e. The van der Waals surface area contributed by atoms with Crippen LogP contribution in [0.25, 0.3) is 0 Å². The number of nitrogens with zero attached hydrogens (tertiary/aromatic N) is 1. The first-order chi connectivity index (χ1) is 14.2. The molecule has 1 unspecified atom stereocenters. The van der Waals surface area contributed by atoms with Crippen molar-refractivity contribution in [3.8, 4) is 0 Å². The molecule has 1 aromatic heterocycles. The van der Waals surface area contributed by atoms with Crippen molar-refractivity contribution in [2.24, 2.45) is 5.73 Å². The smallest absolute Gasteiger partial charge is 0.263 e. The van der Waals surface area contributed by atoms with Gasteiger partial charge in [-0.15, -0.1) is 0 Å². The molecule has 0 aliphatic heterocycles. The molecule has 1 heterocycles. The molecule has 5 nitrogen and oxygen atoms in total. The average molecular weight is 398 g/mol. The minimum atomic E-state index is -0.225. The first-order valence-corrected chi connectivity index (χ1v) is 10.9. The fourth-order valence-corrected chi connectivity index (χ4v) is 4.26. The van der Waals surface area contributed by atoms with Crippen LogP contribution in [0.2, 0.25) is 0 Å². The molecule has 1 aromatic carbocycles. The first-order valence-electron chi connectivity index (χ1n) is 10.9. The minimum absolute atomic E-state index is 0.0335. The van der Waals surface area contributed by atoms with Gasteiger partial charge in [-0.3, -0.25) is 9.59 Å². The highest BCUT2D eigenvalue weighted by atomic mass is 16.2. The lowest BCUT2D eigenvalue weighted by atomic mass is 9.95. The van der Waals surface area contributed by atoms with E-state index in [-0.39, 0.29) is 29.1 Å². The molecule has 1 fully saturated rings. The predicted molar refractivity (Wildman–Crippen MR) is 119 cm³/mol. The molecular formula is C24H35N3O2. The Morgan fingerprint density at radius 2 is 1.69 bits per heavy atom. The number of benzene rings is 1. The minimum Gasteiger partial charge on any atom is -0.349 e. The van der Waals surface area contributed by atoms with E-state index in [1.165, 1.54) is 24.6 Å². The van der Waals surface area contributed by atoms with Gasteiger partial charge in [0.2, 0.25) is 0 Å². The summed E-state index contributed by atoms with van der Waals surface area (Å²) in [6.45, 7) is 4.00. The molecule has 1 amide bonds. The van der Waals surface area contributed by atoms with Crippen molar-refractivity contribution in [2.75, 3.05) is 7.05 Å². The van der Waals surface area contributed by atoms with Crippen molar-refractivity contribution in [2.45, 2.75) is 70.9 Å². The summed E-state index contributed by atoms with van der Waals surface area (Å²) in [5, 5.41) is 3.06. The van der Waals surface area contributed by atoms with E-state index in [9.17, 15) is 9.59 Å². The zero-order chi connectivity index (χ0) is 21.2. The summed E-state index contributed by atoms with van der Waals surface area (Å²) in [5.74, 6) is -0.225. The van der Waals surface area contributed by atoms with Crippen molar-refractivity contribution in [1.82, 2.24) is 9.88 Å². The van der Waals surface area contributed by atoms with Crippen LogP contribution in [-0.2, 0) is 6.42 Å². The van der Waals surface area contributed by atoms with Crippen LogP contribution in [0, 0.1) is 0 Å². The van der Waals surface area contributed by atoms with Gasteiger partial charge in [0.15, 0.2) is 0 Å². The number of hydrogen-bond acceptors (Lipinski definition) is 3. The van der Waals surface area contributed by atoms with Crippen LogP contribution in [0.3, 0.4) is 0 Å². The van der Waals surface area contributed by atoms with E-state index in [1.54, 1.807) is 10.6 Å². The van der Waals surface area contributed by atoms with Gasteiger partial charge in [-0.1, -0.05) is 57.4 Å². The third kappa shape index (κ3) is 5.36. The van der Waals surface area contributed by atoms with Gasteiger partial charge >= 0.3 is 0 Å². The summed E-state index contributed by atoms with van der Waals surface area (Å²) < 4.78 is 1.74. The monoisotopic (exact) mass is 397 g/mol. The zero-order valence-corrected chi connectivity index (χ0v) is 18.0. The highest BCUT2D eigenvalue weighted by Crippen LogP contribution is 2.33. The van der Waals surface area contributed by atoms with Gasteiger partial charge in [0, 0.05) is 12.2 Å². The highest BCUT2D eigenvalue weighted by molar-refractivity contribution is 5.94. The van der Waals surface area contributed by atoms with Crippen LogP contribution in [-0.4, -0.2) is 23.6 Å². The van der Waals surface area contributed by atoms with E-state index >= 15 is 0 Å². The fourth-order valence-electron chi connectivity index (χ4n) is 4.26. The molecule has 3 N–H and O–H groups in total. The van der Waals surface area contributed by atoms with Crippen LogP contribution in [0.4, 0.5) is 0 Å². The van der Waals surface area contributed by atoms with Gasteiger partial charge in [-0.25, -0.2) is 0 Å². The Bertz CT molecular complexity index is 838. The number of nitrogens with one attached hydrogen (secondary N) is 1. The number of hydrogen-bond donors (Lipinski definition) is 2. The largest absolute Gasteiger partial charge is 0.349 e. The highest BCUT2D eigenvalue weighted by Gasteiger charge is 2.26. The van der Waals surface area contributed by atoms with E-state index in [1.807, 2.05) is 38.2 Å². The summed E-state index contributed by atoms with van der Waals surface area (Å²) in [4.78, 5) is 25.6. The topological polar surface area (TPSA) is 77.1 Å². The molecule has 0 saturated heterocycles. The van der Waals surface area contributed by atoms with Crippen molar-refractivity contribution < 1.29 is 4.79 Å². The summed E-state index contributed by atoms with van der Waals surface area (Å²) in [5.41, 5.74) is 7.08. The summed E-state index contributed by atoms with van der Waals surface area (Å²) in [6.07, 6.45) is 9.29. The van der Waals surface area contributed by atoms with Gasteiger partial charge in [0.25, 0.3) is 11.5 Å². The second-order valence-electron chi connectivity index (χ2n) is 7.20. The number of fused-ring (bicyclic) bond motifs is 1. The van der Waals surface area contributed by atoms with Crippen LogP contribution in [0.15, 0.2) is 47.4 Å². The maximum atomic E-state index is 13.0. The van der Waals surface area contributed by atoms with E-state index < -0.39 is 0 Å². The number of aryl methyl sites for hydroxylation is 1. The van der Waals surface area contributed by atoms with E-state index in [0.29, 0.717) is 0 Å². The normalized spacial score (nSPS) is 17.9. The van der Waals surface area contributed by atoms with E-state index in [2.05, 4.69) is 23.2 Å². The Kier molecular flexibility index (Phi) is 9.13. The number of carbonyl (C=O) groups is 1. The predicted octanol–water partition coefficient (Wildman–Crippen LogP) is 4.05. The zero-order valence-electron chi connectivity index (χ0n) is 18.0. The molecular weight excluding hydrogens is 362 g/mol. The molecule has 2 aliphatic carbocycles. The number of carbonyl (C=O) groups excluding carboxylic acids is 1. The molecule has 29 heavy (non-hydrogen) atoms. The lowest BCUT2D eigenvalue weighted by Gasteiger charge is -2.23. The van der Waals surface area contributed by atoms with Gasteiger partial charge < -0.3 is 15.6 Å². The Morgan fingerprint density at radius 1 is 1.00 bits per heavy atom. The molecule has 2 aromatic rings. The van der Waals surface area contributed by atoms with Crippen LogP contribution in [0.1, 0.15) is 79.9 Å². The molecule has 1 saturated carbocycles. The molecule has 0 spiro atoms. The Hall–Kier alpha value is -2.40. The molecule has 5 heteroatoms. The number of pyridine rings is 1. The molecule has 2 aliphatic rings. The average Bonchev–Trinajstić information content (AvgIpc) is 3.21. The van der Waals surface area contributed by atoms with Crippen LogP contribution < -0.4 is 16.6 Å². The van der Waals surface area contributed by atoms with Crippen LogP contribution in [0.5, 0.6) is 0 Å². The van der Waals surface area contributed by atoms with Gasteiger partial charge in [-0.2, -0.15) is 0 Å². The summed E-state index contributed by atoms with van der Waals surface area (Å²) in [7, 11) is 1.50. The molecule has 4 rings (SSSR count). The number of rotatable bonds is 3. The van der Waals surface area contributed by atoms with Gasteiger partial charge in [-0.05, 0) is 56.0 Å². The van der Waals surface area contributed by atoms with E-state index in [0.717, 1.165) is 38.5 Å². The van der Waals surface area contributed by atoms with Crippen molar-refractivity contribution in [3.05, 3.63) is 69.6 Å². The van der Waals surface area contributed by atoms with Crippen molar-refractivity contribution in [3.63, 3.8) is 0 Å². The summed E-state index contributed by atoms with van der Waals surface area (Å²) >= 11 is 0. The van der Waals surface area contributed by atoms with Crippen molar-refractivity contribution in [1.29, 1.82) is 0 Å². The van der Waals surface area contributed by atoms with Gasteiger partial charge in [0.05, 0.1) is 6.04 Å². The fraction of sp³-hybridized carbons (Fsp3) is 0.500. The Balaban J connectivity index is 0.000000707. The number of aromatic nitrogens is 1. The Labute approximate surface area is 174 Å². The molecule has 1 atom stereocenters. The Morgan fingerprint density at radius 3 is 2.41 bits per heavy atom. The third-order valence-corrected chi connectivity index (χ3v) is 5.60. The molecule has 0 bridgehead atoms.